The van der Waals surface area contributed by atoms with Crippen LogP contribution in [0.3, 0.4) is 0 Å². The molecular weight excluding hydrogens is 440 g/mol. The second kappa shape index (κ2) is 10.8. The van der Waals surface area contributed by atoms with E-state index in [1.54, 1.807) is 6.20 Å². The van der Waals surface area contributed by atoms with Crippen molar-refractivity contribution >= 4 is 17.7 Å². The molecule has 2 aromatic heterocycles. The summed E-state index contributed by atoms with van der Waals surface area (Å²) in [5, 5.41) is 15.9. The average molecular weight is 475 g/mol. The average Bonchev–Trinajstić information content (AvgIpc) is 3.32. The van der Waals surface area contributed by atoms with Gasteiger partial charge in [0.2, 0.25) is 5.91 Å². The summed E-state index contributed by atoms with van der Waals surface area (Å²) >= 11 is 0. The van der Waals surface area contributed by atoms with E-state index in [0.717, 1.165) is 60.3 Å². The van der Waals surface area contributed by atoms with Crippen LogP contribution in [0, 0.1) is 12.3 Å². The van der Waals surface area contributed by atoms with Gasteiger partial charge in [0.1, 0.15) is 11.9 Å². The number of aromatic nitrogens is 2. The van der Waals surface area contributed by atoms with E-state index in [9.17, 15) is 14.7 Å². The summed E-state index contributed by atoms with van der Waals surface area (Å²) in [5.74, 6) is -0.303. The first kappa shape index (κ1) is 24.5. The summed E-state index contributed by atoms with van der Waals surface area (Å²) < 4.78 is 2.03. The standard InChI is InChI=1S/C28H34N4O3/c1-20-10-14-29-25(16-20)30-18-22-11-15-32(19-22)23-8-6-21(7-9-23)17-24(26(33)34)31-27(35)28(2)12-4-3-5-13-28/h6-11,14-16,19,24H,3-5,12-13,17-18H2,1-2H3,(H,29,30)(H,31,35)(H,33,34). The van der Waals surface area contributed by atoms with Crippen LogP contribution in [0.15, 0.2) is 61.1 Å². The number of aryl methyl sites for hydroxylation is 1. The molecular formula is C28H34N4O3. The largest absolute Gasteiger partial charge is 0.480 e. The molecule has 1 atom stereocenters. The molecule has 1 aliphatic rings. The lowest BCUT2D eigenvalue weighted by molar-refractivity contribution is -0.144. The maximum Gasteiger partial charge on any atom is 0.326 e. The zero-order valence-corrected chi connectivity index (χ0v) is 20.5. The second-order valence-corrected chi connectivity index (χ2v) is 9.86. The Hall–Kier alpha value is -3.61. The maximum atomic E-state index is 12.8. The molecule has 1 amide bonds. The van der Waals surface area contributed by atoms with E-state index in [1.807, 2.05) is 61.0 Å². The number of benzene rings is 1. The summed E-state index contributed by atoms with van der Waals surface area (Å²) in [4.78, 5) is 29.0. The van der Waals surface area contributed by atoms with Crippen molar-refractivity contribution in [2.45, 2.75) is 65.0 Å². The highest BCUT2D eigenvalue weighted by Crippen LogP contribution is 2.36. The van der Waals surface area contributed by atoms with Gasteiger partial charge in [-0.1, -0.05) is 38.3 Å². The molecule has 184 valence electrons. The molecule has 7 nitrogen and oxygen atoms in total. The number of rotatable bonds is 9. The minimum absolute atomic E-state index is 0.143. The van der Waals surface area contributed by atoms with Crippen LogP contribution in [-0.4, -0.2) is 32.6 Å². The van der Waals surface area contributed by atoms with Gasteiger partial charge < -0.3 is 20.3 Å². The van der Waals surface area contributed by atoms with Gasteiger partial charge in [0, 0.05) is 42.7 Å². The van der Waals surface area contributed by atoms with E-state index < -0.39 is 17.4 Å². The van der Waals surface area contributed by atoms with Crippen LogP contribution < -0.4 is 10.6 Å². The van der Waals surface area contributed by atoms with E-state index in [2.05, 4.69) is 27.9 Å². The Labute approximate surface area is 206 Å². The van der Waals surface area contributed by atoms with Crippen LogP contribution in [0.2, 0.25) is 0 Å². The van der Waals surface area contributed by atoms with E-state index in [4.69, 9.17) is 0 Å². The number of amides is 1. The third-order valence-corrected chi connectivity index (χ3v) is 6.93. The van der Waals surface area contributed by atoms with E-state index in [0.29, 0.717) is 6.54 Å². The van der Waals surface area contributed by atoms with Gasteiger partial charge in [0.25, 0.3) is 0 Å². The summed E-state index contributed by atoms with van der Waals surface area (Å²) in [6.45, 7) is 4.66. The highest BCUT2D eigenvalue weighted by molar-refractivity contribution is 5.87. The number of nitrogens with one attached hydrogen (secondary N) is 2. The molecule has 4 rings (SSSR count). The highest BCUT2D eigenvalue weighted by atomic mass is 16.4. The number of carbonyl (C=O) groups excluding carboxylic acids is 1. The third-order valence-electron chi connectivity index (χ3n) is 6.93. The fourth-order valence-electron chi connectivity index (χ4n) is 4.66. The van der Waals surface area contributed by atoms with Crippen LogP contribution in [0.1, 0.15) is 55.7 Å². The molecule has 0 saturated heterocycles. The number of carbonyl (C=O) groups is 2. The molecule has 1 unspecified atom stereocenters. The molecule has 1 aromatic carbocycles. The minimum atomic E-state index is -1.01. The minimum Gasteiger partial charge on any atom is -0.480 e. The van der Waals surface area contributed by atoms with Crippen molar-refractivity contribution in [3.05, 3.63) is 77.7 Å². The monoisotopic (exact) mass is 474 g/mol. The molecule has 0 bridgehead atoms. The van der Waals surface area contributed by atoms with Crippen LogP contribution in [0.25, 0.3) is 5.69 Å². The van der Waals surface area contributed by atoms with Gasteiger partial charge in [0.05, 0.1) is 0 Å². The SMILES string of the molecule is Cc1ccnc(NCc2ccn(-c3ccc(CC(NC(=O)C4(C)CCCCC4)C(=O)O)cc3)c2)c1. The molecule has 3 N–H and O–H groups in total. The van der Waals surface area contributed by atoms with Crippen molar-refractivity contribution in [3.8, 4) is 5.69 Å². The quantitative estimate of drug-likeness (QED) is 0.411. The first-order valence-electron chi connectivity index (χ1n) is 12.3. The summed E-state index contributed by atoms with van der Waals surface area (Å²) in [7, 11) is 0. The molecule has 1 fully saturated rings. The molecule has 0 spiro atoms. The van der Waals surface area contributed by atoms with Gasteiger partial charge in [0.15, 0.2) is 0 Å². The maximum absolute atomic E-state index is 12.8. The number of nitrogens with zero attached hydrogens (tertiary/aromatic N) is 2. The Kier molecular flexibility index (Phi) is 7.54. The lowest BCUT2D eigenvalue weighted by Crippen LogP contribution is -2.49. The number of carboxylic acid groups (broad SMARTS) is 1. The lowest BCUT2D eigenvalue weighted by Gasteiger charge is -2.33. The van der Waals surface area contributed by atoms with Crippen molar-refractivity contribution in [1.82, 2.24) is 14.9 Å². The molecule has 1 aliphatic carbocycles. The number of anilines is 1. The van der Waals surface area contributed by atoms with Crippen LogP contribution >= 0.6 is 0 Å². The summed E-state index contributed by atoms with van der Waals surface area (Å²) in [5.41, 5.74) is 3.68. The van der Waals surface area contributed by atoms with Gasteiger partial charge in [-0.25, -0.2) is 9.78 Å². The smallest absolute Gasteiger partial charge is 0.326 e. The van der Waals surface area contributed by atoms with Gasteiger partial charge in [-0.05, 0) is 66.8 Å². The molecule has 0 radical (unpaired) electrons. The lowest BCUT2D eigenvalue weighted by atomic mass is 9.75. The Bertz CT molecular complexity index is 1160. The van der Waals surface area contributed by atoms with Crippen molar-refractivity contribution in [1.29, 1.82) is 0 Å². The first-order chi connectivity index (χ1) is 16.8. The Morgan fingerprint density at radius 2 is 1.83 bits per heavy atom. The molecule has 3 aromatic rings. The fraction of sp³-hybridized carbons (Fsp3) is 0.393. The summed E-state index contributed by atoms with van der Waals surface area (Å²) in [6, 6.07) is 12.9. The van der Waals surface area contributed by atoms with E-state index in [-0.39, 0.29) is 12.3 Å². The van der Waals surface area contributed by atoms with E-state index >= 15 is 0 Å². The number of carboxylic acids is 1. The van der Waals surface area contributed by atoms with Crippen LogP contribution in [0.4, 0.5) is 5.82 Å². The fourth-order valence-corrected chi connectivity index (χ4v) is 4.66. The predicted molar refractivity (Wildman–Crippen MR) is 137 cm³/mol. The number of hydrogen-bond donors (Lipinski definition) is 3. The molecule has 35 heavy (non-hydrogen) atoms. The van der Waals surface area contributed by atoms with E-state index in [1.165, 1.54) is 0 Å². The topological polar surface area (TPSA) is 96.3 Å². The molecule has 7 heteroatoms. The molecule has 0 aliphatic heterocycles. The molecule has 2 heterocycles. The van der Waals surface area contributed by atoms with Gasteiger partial charge in [-0.15, -0.1) is 0 Å². The number of hydrogen-bond acceptors (Lipinski definition) is 4. The van der Waals surface area contributed by atoms with Crippen LogP contribution in [-0.2, 0) is 22.6 Å². The van der Waals surface area contributed by atoms with Crippen LogP contribution in [0.5, 0.6) is 0 Å². The normalized spacial score (nSPS) is 15.8. The zero-order chi connectivity index (χ0) is 24.8. The Morgan fingerprint density at radius 1 is 1.09 bits per heavy atom. The third kappa shape index (κ3) is 6.29. The van der Waals surface area contributed by atoms with Crippen molar-refractivity contribution in [2.24, 2.45) is 5.41 Å². The Morgan fingerprint density at radius 3 is 2.51 bits per heavy atom. The van der Waals surface area contributed by atoms with Gasteiger partial charge in [-0.3, -0.25) is 4.79 Å². The first-order valence-corrected chi connectivity index (χ1v) is 12.3. The van der Waals surface area contributed by atoms with Crippen molar-refractivity contribution < 1.29 is 14.7 Å². The van der Waals surface area contributed by atoms with Crippen molar-refractivity contribution in [3.63, 3.8) is 0 Å². The Balaban J connectivity index is 1.36. The number of pyridine rings is 1. The van der Waals surface area contributed by atoms with Gasteiger partial charge in [-0.2, -0.15) is 0 Å². The van der Waals surface area contributed by atoms with Gasteiger partial charge >= 0.3 is 5.97 Å². The molecule has 1 saturated carbocycles. The van der Waals surface area contributed by atoms with Crippen molar-refractivity contribution in [2.75, 3.05) is 5.32 Å². The predicted octanol–water partition coefficient (Wildman–Crippen LogP) is 4.88. The second-order valence-electron chi connectivity index (χ2n) is 9.86. The zero-order valence-electron chi connectivity index (χ0n) is 20.5. The number of aliphatic carboxylic acids is 1. The summed E-state index contributed by atoms with van der Waals surface area (Å²) in [6.07, 6.45) is 10.9. The highest BCUT2D eigenvalue weighted by Gasteiger charge is 2.36.